The van der Waals surface area contributed by atoms with Crippen molar-refractivity contribution in [1.29, 1.82) is 0 Å². The van der Waals surface area contributed by atoms with Gasteiger partial charge in [0.1, 0.15) is 11.9 Å². The van der Waals surface area contributed by atoms with Crippen molar-refractivity contribution in [3.63, 3.8) is 0 Å². The number of rotatable bonds is 5. The summed E-state index contributed by atoms with van der Waals surface area (Å²) in [5.41, 5.74) is 1.87. The number of piperazine rings is 1. The summed E-state index contributed by atoms with van der Waals surface area (Å²) in [6.07, 6.45) is 0.125. The average Bonchev–Trinajstić information content (AvgIpc) is 2.70. The van der Waals surface area contributed by atoms with E-state index < -0.39 is 6.04 Å². The van der Waals surface area contributed by atoms with Gasteiger partial charge in [0, 0.05) is 31.9 Å². The molecule has 0 spiro atoms. The summed E-state index contributed by atoms with van der Waals surface area (Å²) in [4.78, 5) is 28.8. The molecule has 0 unspecified atom stereocenters. The van der Waals surface area contributed by atoms with Crippen molar-refractivity contribution >= 4 is 17.5 Å². The van der Waals surface area contributed by atoms with Crippen LogP contribution in [0.4, 0.5) is 10.1 Å². The van der Waals surface area contributed by atoms with Gasteiger partial charge in [-0.1, -0.05) is 30.3 Å². The zero-order valence-corrected chi connectivity index (χ0v) is 15.4. The molecule has 142 valence electrons. The number of nitrogens with one attached hydrogen (secondary N) is 1. The lowest BCUT2D eigenvalue weighted by Gasteiger charge is -2.37. The minimum Gasteiger partial charge on any atom is -0.368 e. The van der Waals surface area contributed by atoms with Crippen LogP contribution >= 0.6 is 0 Å². The van der Waals surface area contributed by atoms with E-state index in [1.54, 1.807) is 24.0 Å². The van der Waals surface area contributed by atoms with Crippen LogP contribution in [-0.2, 0) is 16.0 Å². The molecule has 0 saturated carbocycles. The van der Waals surface area contributed by atoms with Crippen molar-refractivity contribution in [3.05, 3.63) is 66.0 Å². The summed E-state index contributed by atoms with van der Waals surface area (Å²) in [5.74, 6) is -0.655. The smallest absolute Gasteiger partial charge is 0.244 e. The molecule has 2 aromatic carbocycles. The molecule has 1 saturated heterocycles. The highest BCUT2D eigenvalue weighted by atomic mass is 19.1. The molecule has 1 aliphatic rings. The third-order valence-corrected chi connectivity index (χ3v) is 4.74. The first-order valence-electron chi connectivity index (χ1n) is 9.15. The predicted octanol–water partition coefficient (Wildman–Crippen LogP) is 2.22. The molecule has 3 rings (SSSR count). The number of hydrogen-bond acceptors (Lipinski definition) is 3. The van der Waals surface area contributed by atoms with Gasteiger partial charge in [-0.2, -0.15) is 0 Å². The summed E-state index contributed by atoms with van der Waals surface area (Å²) in [6.45, 7) is 4.50. The van der Waals surface area contributed by atoms with Crippen molar-refractivity contribution in [2.45, 2.75) is 19.4 Å². The highest BCUT2D eigenvalue weighted by molar-refractivity contribution is 5.88. The maximum atomic E-state index is 12.9. The molecule has 27 heavy (non-hydrogen) atoms. The summed E-state index contributed by atoms with van der Waals surface area (Å²) in [5, 5.41) is 2.75. The summed E-state index contributed by atoms with van der Waals surface area (Å²) < 4.78 is 12.9. The Morgan fingerprint density at radius 3 is 2.26 bits per heavy atom. The van der Waals surface area contributed by atoms with Crippen molar-refractivity contribution < 1.29 is 14.0 Å². The molecule has 1 N–H and O–H groups in total. The van der Waals surface area contributed by atoms with E-state index in [0.717, 1.165) is 18.8 Å². The van der Waals surface area contributed by atoms with Gasteiger partial charge in [0.2, 0.25) is 11.8 Å². The molecule has 1 heterocycles. The predicted molar refractivity (Wildman–Crippen MR) is 103 cm³/mol. The summed E-state index contributed by atoms with van der Waals surface area (Å²) in [7, 11) is 0. The standard InChI is InChI=1S/C21H24FN3O2/c1-16(23-20(26)15-17-7-9-18(22)10-8-17)21(27)25-13-11-24(12-14-25)19-5-3-2-4-6-19/h2-10,16H,11-15H2,1H3,(H,23,26)/t16-/m1/s1. The Hall–Kier alpha value is -2.89. The molecular formula is C21H24FN3O2. The number of carbonyl (C=O) groups excluding carboxylic acids is 2. The fourth-order valence-electron chi connectivity index (χ4n) is 3.24. The van der Waals surface area contributed by atoms with E-state index in [4.69, 9.17) is 0 Å². The van der Waals surface area contributed by atoms with Crippen molar-refractivity contribution in [2.75, 3.05) is 31.1 Å². The van der Waals surface area contributed by atoms with Gasteiger partial charge in [-0.05, 0) is 36.8 Å². The van der Waals surface area contributed by atoms with Gasteiger partial charge in [0.05, 0.1) is 6.42 Å². The zero-order chi connectivity index (χ0) is 19.2. The van der Waals surface area contributed by atoms with Crippen molar-refractivity contribution in [1.82, 2.24) is 10.2 Å². The minimum atomic E-state index is -0.582. The fraction of sp³-hybridized carbons (Fsp3) is 0.333. The maximum Gasteiger partial charge on any atom is 0.244 e. The largest absolute Gasteiger partial charge is 0.368 e. The van der Waals surface area contributed by atoms with Crippen LogP contribution in [0.2, 0.25) is 0 Å². The average molecular weight is 369 g/mol. The van der Waals surface area contributed by atoms with Gasteiger partial charge in [-0.3, -0.25) is 9.59 Å². The molecular weight excluding hydrogens is 345 g/mol. The second kappa shape index (κ2) is 8.66. The molecule has 2 aromatic rings. The van der Waals surface area contributed by atoms with Gasteiger partial charge in [-0.15, -0.1) is 0 Å². The third-order valence-electron chi connectivity index (χ3n) is 4.74. The van der Waals surface area contributed by atoms with E-state index in [0.29, 0.717) is 18.7 Å². The van der Waals surface area contributed by atoms with Crippen molar-refractivity contribution in [3.8, 4) is 0 Å². The molecule has 1 aliphatic heterocycles. The molecule has 0 radical (unpaired) electrons. The first-order valence-corrected chi connectivity index (χ1v) is 9.15. The number of para-hydroxylation sites is 1. The van der Waals surface area contributed by atoms with Gasteiger partial charge in [-0.25, -0.2) is 4.39 Å². The Balaban J connectivity index is 1.47. The number of hydrogen-bond donors (Lipinski definition) is 1. The van der Waals surface area contributed by atoms with Crippen LogP contribution < -0.4 is 10.2 Å². The van der Waals surface area contributed by atoms with Crippen LogP contribution in [0.3, 0.4) is 0 Å². The zero-order valence-electron chi connectivity index (χ0n) is 15.4. The van der Waals surface area contributed by atoms with E-state index in [-0.39, 0.29) is 24.1 Å². The van der Waals surface area contributed by atoms with Crippen molar-refractivity contribution in [2.24, 2.45) is 0 Å². The highest BCUT2D eigenvalue weighted by Gasteiger charge is 2.25. The Bertz CT molecular complexity index is 772. The fourth-order valence-corrected chi connectivity index (χ4v) is 3.24. The second-order valence-electron chi connectivity index (χ2n) is 6.74. The Morgan fingerprint density at radius 1 is 1.00 bits per heavy atom. The van der Waals surface area contributed by atoms with Crippen LogP contribution in [0.1, 0.15) is 12.5 Å². The molecule has 1 atom stereocenters. The van der Waals surface area contributed by atoms with Crippen LogP contribution in [-0.4, -0.2) is 48.9 Å². The van der Waals surface area contributed by atoms with Crippen LogP contribution in [0.15, 0.2) is 54.6 Å². The van der Waals surface area contributed by atoms with Crippen LogP contribution in [0, 0.1) is 5.82 Å². The molecule has 0 aliphatic carbocycles. The van der Waals surface area contributed by atoms with E-state index in [1.165, 1.54) is 12.1 Å². The Morgan fingerprint density at radius 2 is 1.63 bits per heavy atom. The highest BCUT2D eigenvalue weighted by Crippen LogP contribution is 2.16. The lowest BCUT2D eigenvalue weighted by Crippen LogP contribution is -2.54. The van der Waals surface area contributed by atoms with E-state index in [1.807, 2.05) is 18.2 Å². The minimum absolute atomic E-state index is 0.0739. The summed E-state index contributed by atoms with van der Waals surface area (Å²) >= 11 is 0. The molecule has 5 nitrogen and oxygen atoms in total. The SMILES string of the molecule is C[C@@H](NC(=O)Cc1ccc(F)cc1)C(=O)N1CCN(c2ccccc2)CC1. The third kappa shape index (κ3) is 5.06. The van der Waals surface area contributed by atoms with E-state index in [9.17, 15) is 14.0 Å². The topological polar surface area (TPSA) is 52.7 Å². The molecule has 2 amide bonds. The van der Waals surface area contributed by atoms with E-state index in [2.05, 4.69) is 22.3 Å². The number of anilines is 1. The summed E-state index contributed by atoms with van der Waals surface area (Å²) in [6, 6.07) is 15.3. The van der Waals surface area contributed by atoms with Gasteiger partial charge in [0.15, 0.2) is 0 Å². The molecule has 1 fully saturated rings. The second-order valence-corrected chi connectivity index (χ2v) is 6.74. The van der Waals surface area contributed by atoms with E-state index >= 15 is 0 Å². The normalized spacial score (nSPS) is 15.3. The lowest BCUT2D eigenvalue weighted by atomic mass is 10.1. The quantitative estimate of drug-likeness (QED) is 0.879. The van der Waals surface area contributed by atoms with Gasteiger partial charge < -0.3 is 15.1 Å². The maximum absolute atomic E-state index is 12.9. The number of amides is 2. The number of benzene rings is 2. The molecule has 0 bridgehead atoms. The Kier molecular flexibility index (Phi) is 6.06. The van der Waals surface area contributed by atoms with Gasteiger partial charge >= 0.3 is 0 Å². The number of halogens is 1. The first kappa shape index (κ1) is 18.9. The van der Waals surface area contributed by atoms with Crippen LogP contribution in [0.25, 0.3) is 0 Å². The molecule has 6 heteroatoms. The molecule has 0 aromatic heterocycles. The Labute approximate surface area is 158 Å². The number of carbonyl (C=O) groups is 2. The van der Waals surface area contributed by atoms with Gasteiger partial charge in [0.25, 0.3) is 0 Å². The number of nitrogens with zero attached hydrogens (tertiary/aromatic N) is 2. The lowest BCUT2D eigenvalue weighted by molar-refractivity contribution is -0.136. The monoisotopic (exact) mass is 369 g/mol. The first-order chi connectivity index (χ1) is 13.0. The van der Waals surface area contributed by atoms with Crippen LogP contribution in [0.5, 0.6) is 0 Å².